The molecule has 3 rings (SSSR count). The van der Waals surface area contributed by atoms with Gasteiger partial charge in [0.2, 0.25) is 0 Å². The fourth-order valence-corrected chi connectivity index (χ4v) is 3.50. The van der Waals surface area contributed by atoms with Crippen molar-refractivity contribution < 1.29 is 0 Å². The largest absolute Gasteiger partial charge is 0.271 e. The van der Waals surface area contributed by atoms with Crippen molar-refractivity contribution in [2.24, 2.45) is 5.84 Å². The Kier molecular flexibility index (Phi) is 4.54. The van der Waals surface area contributed by atoms with Crippen LogP contribution >= 0.6 is 11.6 Å². The van der Waals surface area contributed by atoms with Crippen LogP contribution in [0.2, 0.25) is 5.15 Å². The lowest BCUT2D eigenvalue weighted by Crippen LogP contribution is -2.30. The van der Waals surface area contributed by atoms with Gasteiger partial charge in [-0.05, 0) is 60.4 Å². The Morgan fingerprint density at radius 3 is 3.00 bits per heavy atom. The molecule has 110 valence electrons. The number of nitrogens with zero attached hydrogens (tertiary/aromatic N) is 1. The molecule has 1 aliphatic carbocycles. The molecular weight excluding hydrogens is 282 g/mol. The maximum Gasteiger partial charge on any atom is 0.129 e. The van der Waals surface area contributed by atoms with Gasteiger partial charge in [0.25, 0.3) is 0 Å². The van der Waals surface area contributed by atoms with Crippen LogP contribution < -0.4 is 11.3 Å². The second-order valence-corrected chi connectivity index (χ2v) is 6.04. The summed E-state index contributed by atoms with van der Waals surface area (Å²) in [6.45, 7) is 0. The van der Waals surface area contributed by atoms with Crippen LogP contribution in [0.3, 0.4) is 0 Å². The molecule has 4 heteroatoms. The number of halogens is 1. The second-order valence-electron chi connectivity index (χ2n) is 5.65. The second kappa shape index (κ2) is 6.56. The Morgan fingerprint density at radius 2 is 2.19 bits per heavy atom. The van der Waals surface area contributed by atoms with Crippen molar-refractivity contribution in [1.29, 1.82) is 0 Å². The molecule has 0 radical (unpaired) electrons. The number of rotatable bonds is 4. The number of hydrogen-bond donors (Lipinski definition) is 2. The number of nitrogens with one attached hydrogen (secondary N) is 1. The van der Waals surface area contributed by atoms with Crippen LogP contribution in [0.25, 0.3) is 0 Å². The number of pyridine rings is 1. The lowest BCUT2D eigenvalue weighted by atomic mass is 9.79. The van der Waals surface area contributed by atoms with Crippen molar-refractivity contribution in [3.05, 3.63) is 64.4 Å². The third kappa shape index (κ3) is 3.26. The lowest BCUT2D eigenvalue weighted by molar-refractivity contribution is 0.425. The molecule has 0 saturated carbocycles. The SMILES string of the molecule is NNC(CC1CCCc2ccccc21)c1ccnc(Cl)c1. The zero-order chi connectivity index (χ0) is 14.7. The molecule has 2 unspecified atom stereocenters. The lowest BCUT2D eigenvalue weighted by Gasteiger charge is -2.29. The van der Waals surface area contributed by atoms with Gasteiger partial charge < -0.3 is 0 Å². The number of hydrazine groups is 1. The summed E-state index contributed by atoms with van der Waals surface area (Å²) in [5, 5.41) is 0.511. The smallest absolute Gasteiger partial charge is 0.129 e. The third-order valence-corrected chi connectivity index (χ3v) is 4.57. The topological polar surface area (TPSA) is 50.9 Å². The highest BCUT2D eigenvalue weighted by Gasteiger charge is 2.23. The Morgan fingerprint density at radius 1 is 1.33 bits per heavy atom. The van der Waals surface area contributed by atoms with E-state index in [2.05, 4.69) is 34.7 Å². The van der Waals surface area contributed by atoms with Gasteiger partial charge >= 0.3 is 0 Å². The summed E-state index contributed by atoms with van der Waals surface area (Å²) in [6, 6.07) is 12.7. The van der Waals surface area contributed by atoms with Crippen LogP contribution in [0.5, 0.6) is 0 Å². The van der Waals surface area contributed by atoms with Crippen LogP contribution in [0.4, 0.5) is 0 Å². The van der Waals surface area contributed by atoms with Gasteiger partial charge in [0.05, 0.1) is 0 Å². The van der Waals surface area contributed by atoms with Gasteiger partial charge in [-0.1, -0.05) is 35.9 Å². The average Bonchev–Trinajstić information content (AvgIpc) is 2.52. The molecule has 21 heavy (non-hydrogen) atoms. The zero-order valence-electron chi connectivity index (χ0n) is 11.9. The molecule has 0 saturated heterocycles. The normalized spacial score (nSPS) is 19.0. The number of fused-ring (bicyclic) bond motifs is 1. The van der Waals surface area contributed by atoms with E-state index in [-0.39, 0.29) is 6.04 Å². The van der Waals surface area contributed by atoms with Crippen LogP contribution in [0.1, 0.15) is 47.9 Å². The first-order chi connectivity index (χ1) is 10.3. The summed E-state index contributed by atoms with van der Waals surface area (Å²) in [6.07, 6.45) is 6.36. The average molecular weight is 302 g/mol. The van der Waals surface area contributed by atoms with Gasteiger partial charge in [-0.2, -0.15) is 0 Å². The Labute approximate surface area is 130 Å². The summed E-state index contributed by atoms with van der Waals surface area (Å²) in [5.74, 6) is 6.32. The molecule has 2 atom stereocenters. The van der Waals surface area contributed by atoms with E-state index in [4.69, 9.17) is 17.4 Å². The Balaban J connectivity index is 1.82. The molecule has 0 amide bonds. The summed E-state index contributed by atoms with van der Waals surface area (Å²) in [4.78, 5) is 4.04. The molecule has 0 aliphatic heterocycles. The van der Waals surface area contributed by atoms with Gasteiger partial charge in [0.1, 0.15) is 5.15 Å². The first kappa shape index (κ1) is 14.5. The van der Waals surface area contributed by atoms with Crippen molar-refractivity contribution in [3.8, 4) is 0 Å². The minimum atomic E-state index is 0.0988. The van der Waals surface area contributed by atoms with Gasteiger partial charge in [-0.15, -0.1) is 0 Å². The standard InChI is InChI=1S/C17H20ClN3/c18-17-11-14(8-9-20-17)16(21-19)10-13-6-3-5-12-4-1-2-7-15(12)13/h1-2,4,7-9,11,13,16,21H,3,5-6,10,19H2. The highest BCUT2D eigenvalue weighted by molar-refractivity contribution is 6.29. The third-order valence-electron chi connectivity index (χ3n) is 4.37. The van der Waals surface area contributed by atoms with Gasteiger partial charge in [0, 0.05) is 12.2 Å². The van der Waals surface area contributed by atoms with E-state index in [0.717, 1.165) is 12.0 Å². The van der Waals surface area contributed by atoms with E-state index in [0.29, 0.717) is 11.1 Å². The van der Waals surface area contributed by atoms with E-state index in [1.165, 1.54) is 30.4 Å². The monoisotopic (exact) mass is 301 g/mol. The zero-order valence-corrected chi connectivity index (χ0v) is 12.7. The first-order valence-electron chi connectivity index (χ1n) is 7.43. The highest BCUT2D eigenvalue weighted by atomic mass is 35.5. The molecule has 1 aromatic heterocycles. The predicted molar refractivity (Wildman–Crippen MR) is 86.0 cm³/mol. The van der Waals surface area contributed by atoms with E-state index < -0.39 is 0 Å². The van der Waals surface area contributed by atoms with Gasteiger partial charge in [0.15, 0.2) is 0 Å². The van der Waals surface area contributed by atoms with Crippen LogP contribution in [0.15, 0.2) is 42.6 Å². The van der Waals surface area contributed by atoms with E-state index in [1.807, 2.05) is 12.1 Å². The molecule has 0 spiro atoms. The van der Waals surface area contributed by atoms with Crippen molar-refractivity contribution in [1.82, 2.24) is 10.4 Å². The fraction of sp³-hybridized carbons (Fsp3) is 0.353. The maximum absolute atomic E-state index is 5.99. The van der Waals surface area contributed by atoms with E-state index in [9.17, 15) is 0 Å². The van der Waals surface area contributed by atoms with Crippen molar-refractivity contribution in [2.45, 2.75) is 37.6 Å². The summed E-state index contributed by atoms with van der Waals surface area (Å²) < 4.78 is 0. The molecule has 2 aromatic rings. The van der Waals surface area contributed by atoms with E-state index in [1.54, 1.807) is 6.20 Å². The maximum atomic E-state index is 5.99. The molecule has 3 N–H and O–H groups in total. The number of nitrogens with two attached hydrogens (primary N) is 1. The van der Waals surface area contributed by atoms with Crippen LogP contribution in [-0.4, -0.2) is 4.98 Å². The number of aryl methyl sites for hydroxylation is 1. The quantitative estimate of drug-likeness (QED) is 0.514. The molecule has 0 fully saturated rings. The number of hydrogen-bond acceptors (Lipinski definition) is 3. The van der Waals surface area contributed by atoms with Crippen molar-refractivity contribution in [2.75, 3.05) is 0 Å². The first-order valence-corrected chi connectivity index (χ1v) is 7.81. The summed E-state index contributed by atoms with van der Waals surface area (Å²) in [7, 11) is 0. The minimum Gasteiger partial charge on any atom is -0.271 e. The minimum absolute atomic E-state index is 0.0988. The van der Waals surface area contributed by atoms with Crippen molar-refractivity contribution in [3.63, 3.8) is 0 Å². The van der Waals surface area contributed by atoms with Crippen LogP contribution in [-0.2, 0) is 6.42 Å². The number of benzene rings is 1. The molecule has 1 aromatic carbocycles. The Hall–Kier alpha value is -1.42. The molecule has 0 bridgehead atoms. The van der Waals surface area contributed by atoms with E-state index >= 15 is 0 Å². The van der Waals surface area contributed by atoms with Crippen LogP contribution in [0, 0.1) is 0 Å². The number of aromatic nitrogens is 1. The molecule has 3 nitrogen and oxygen atoms in total. The molecular formula is C17H20ClN3. The highest BCUT2D eigenvalue weighted by Crippen LogP contribution is 2.37. The molecule has 1 aliphatic rings. The fourth-order valence-electron chi connectivity index (χ4n) is 3.32. The van der Waals surface area contributed by atoms with Crippen molar-refractivity contribution >= 4 is 11.6 Å². The predicted octanol–water partition coefficient (Wildman–Crippen LogP) is 3.75. The van der Waals surface area contributed by atoms with Gasteiger partial charge in [-0.3, -0.25) is 11.3 Å². The summed E-state index contributed by atoms with van der Waals surface area (Å²) in [5.41, 5.74) is 6.99. The summed E-state index contributed by atoms with van der Waals surface area (Å²) >= 11 is 5.99. The molecule has 1 heterocycles. The van der Waals surface area contributed by atoms with Gasteiger partial charge in [-0.25, -0.2) is 4.98 Å². The Bertz CT molecular complexity index is 614.